The number of anilines is 2. The highest BCUT2D eigenvalue weighted by molar-refractivity contribution is 6.15. The lowest BCUT2D eigenvalue weighted by Gasteiger charge is -2.13. The first-order valence-electron chi connectivity index (χ1n) is 6.31. The normalized spacial score (nSPS) is 10.7. The number of ether oxygens (including phenoxy) is 1. The van der Waals surface area contributed by atoms with E-state index in [1.54, 1.807) is 19.9 Å². The molecule has 0 unspecified atom stereocenters. The minimum atomic E-state index is -0.556. The Labute approximate surface area is 121 Å². The summed E-state index contributed by atoms with van der Waals surface area (Å²) in [6, 6.07) is 4.23. The van der Waals surface area contributed by atoms with Gasteiger partial charge in [-0.05, 0) is 32.0 Å². The van der Waals surface area contributed by atoms with E-state index in [1.807, 2.05) is 0 Å². The average Bonchev–Trinajstić information content (AvgIpc) is 2.40. The number of nitrogens with one attached hydrogen (secondary N) is 1. The Kier molecular flexibility index (Phi) is 4.02. The largest absolute Gasteiger partial charge is 0.488 e. The number of benzene rings is 1. The SMILES string of the molecule is CC(C)Oc1ccc(C(=N)c2c(N)ncnc2N)cc1F. The highest BCUT2D eigenvalue weighted by atomic mass is 19.1. The zero-order chi connectivity index (χ0) is 15.6. The molecule has 0 amide bonds. The van der Waals surface area contributed by atoms with E-state index in [0.717, 1.165) is 0 Å². The number of nitrogen functional groups attached to an aromatic ring is 2. The Balaban J connectivity index is 2.39. The van der Waals surface area contributed by atoms with Gasteiger partial charge in [-0.25, -0.2) is 14.4 Å². The van der Waals surface area contributed by atoms with Gasteiger partial charge < -0.3 is 16.2 Å². The number of aromatic nitrogens is 2. The van der Waals surface area contributed by atoms with E-state index in [9.17, 15) is 4.39 Å². The molecule has 0 bridgehead atoms. The molecule has 6 nitrogen and oxygen atoms in total. The van der Waals surface area contributed by atoms with Crippen LogP contribution in [0, 0.1) is 11.2 Å². The Morgan fingerprint density at radius 2 is 1.86 bits per heavy atom. The van der Waals surface area contributed by atoms with Crippen LogP contribution in [-0.2, 0) is 0 Å². The predicted octanol–water partition coefficient (Wildman–Crippen LogP) is 1.98. The van der Waals surface area contributed by atoms with Crippen LogP contribution in [0.5, 0.6) is 5.75 Å². The van der Waals surface area contributed by atoms with Gasteiger partial charge >= 0.3 is 0 Å². The third kappa shape index (κ3) is 3.07. The molecule has 110 valence electrons. The van der Waals surface area contributed by atoms with Crippen molar-refractivity contribution >= 4 is 17.3 Å². The van der Waals surface area contributed by atoms with Gasteiger partial charge in [0.05, 0.1) is 17.4 Å². The molecule has 0 radical (unpaired) electrons. The highest BCUT2D eigenvalue weighted by Crippen LogP contribution is 2.24. The Hall–Kier alpha value is -2.70. The number of hydrogen-bond donors (Lipinski definition) is 3. The maximum Gasteiger partial charge on any atom is 0.165 e. The van der Waals surface area contributed by atoms with Crippen molar-refractivity contribution in [2.75, 3.05) is 11.5 Å². The van der Waals surface area contributed by atoms with Crippen molar-refractivity contribution < 1.29 is 9.13 Å². The van der Waals surface area contributed by atoms with Gasteiger partial charge in [-0.15, -0.1) is 0 Å². The zero-order valence-electron chi connectivity index (χ0n) is 11.7. The molecule has 0 aliphatic heterocycles. The van der Waals surface area contributed by atoms with Crippen molar-refractivity contribution in [3.63, 3.8) is 0 Å². The molecule has 21 heavy (non-hydrogen) atoms. The van der Waals surface area contributed by atoms with Crippen LogP contribution < -0.4 is 16.2 Å². The molecule has 0 saturated heterocycles. The Bertz CT molecular complexity index is 667. The van der Waals surface area contributed by atoms with Crippen LogP contribution in [0.15, 0.2) is 24.5 Å². The zero-order valence-corrected chi connectivity index (χ0v) is 11.7. The molecule has 0 atom stereocenters. The number of rotatable bonds is 4. The Morgan fingerprint density at radius 1 is 1.24 bits per heavy atom. The maximum atomic E-state index is 14.0. The van der Waals surface area contributed by atoms with Crippen LogP contribution in [0.25, 0.3) is 0 Å². The molecule has 2 aromatic rings. The molecule has 0 aliphatic rings. The summed E-state index contributed by atoms with van der Waals surface area (Å²) < 4.78 is 19.3. The molecule has 5 N–H and O–H groups in total. The van der Waals surface area contributed by atoms with Crippen LogP contribution in [0.4, 0.5) is 16.0 Å². The van der Waals surface area contributed by atoms with Crippen LogP contribution in [-0.4, -0.2) is 21.8 Å². The average molecular weight is 289 g/mol. The maximum absolute atomic E-state index is 14.0. The van der Waals surface area contributed by atoms with Crippen molar-refractivity contribution in [1.29, 1.82) is 5.41 Å². The van der Waals surface area contributed by atoms with Crippen LogP contribution >= 0.6 is 0 Å². The summed E-state index contributed by atoms with van der Waals surface area (Å²) >= 11 is 0. The lowest BCUT2D eigenvalue weighted by molar-refractivity contribution is 0.231. The van der Waals surface area contributed by atoms with E-state index in [-0.39, 0.29) is 34.8 Å². The minimum absolute atomic E-state index is 0.0411. The summed E-state index contributed by atoms with van der Waals surface area (Å²) in [5.41, 5.74) is 11.9. The Morgan fingerprint density at radius 3 is 2.38 bits per heavy atom. The smallest absolute Gasteiger partial charge is 0.165 e. The molecule has 1 aromatic carbocycles. The van der Waals surface area contributed by atoms with Gasteiger partial charge in [-0.1, -0.05) is 0 Å². The summed E-state index contributed by atoms with van der Waals surface area (Å²) in [6.07, 6.45) is 1.07. The van der Waals surface area contributed by atoms with Gasteiger partial charge in [0.2, 0.25) is 0 Å². The first-order chi connectivity index (χ1) is 9.90. The molecule has 0 saturated carbocycles. The molecular weight excluding hydrogens is 273 g/mol. The fourth-order valence-electron chi connectivity index (χ4n) is 1.82. The van der Waals surface area contributed by atoms with E-state index in [2.05, 4.69) is 9.97 Å². The van der Waals surface area contributed by atoms with Gasteiger partial charge in [0.1, 0.15) is 18.0 Å². The van der Waals surface area contributed by atoms with E-state index in [4.69, 9.17) is 21.6 Å². The van der Waals surface area contributed by atoms with E-state index < -0.39 is 5.82 Å². The van der Waals surface area contributed by atoms with Crippen LogP contribution in [0.2, 0.25) is 0 Å². The molecule has 2 rings (SSSR count). The topological polar surface area (TPSA) is 111 Å². The third-order valence-electron chi connectivity index (χ3n) is 2.74. The molecule has 1 heterocycles. The number of hydrogen-bond acceptors (Lipinski definition) is 6. The number of nitrogens with two attached hydrogens (primary N) is 2. The van der Waals surface area contributed by atoms with Gasteiger partial charge in [0.25, 0.3) is 0 Å². The molecule has 0 aliphatic carbocycles. The third-order valence-corrected chi connectivity index (χ3v) is 2.74. The highest BCUT2D eigenvalue weighted by Gasteiger charge is 2.16. The summed E-state index contributed by atoms with van der Waals surface area (Å²) in [5.74, 6) is -0.266. The van der Waals surface area contributed by atoms with E-state index >= 15 is 0 Å². The molecular formula is C14H16FN5O. The van der Waals surface area contributed by atoms with Crippen molar-refractivity contribution in [2.24, 2.45) is 0 Å². The second kappa shape index (κ2) is 5.74. The first kappa shape index (κ1) is 14.7. The standard InChI is InChI=1S/C14H16FN5O/c1-7(2)21-10-4-3-8(5-9(10)15)12(16)11-13(17)19-6-20-14(11)18/h3-7,16H,1-2H3,(H4,17,18,19,20). The van der Waals surface area contributed by atoms with Gasteiger partial charge in [-0.2, -0.15) is 0 Å². The van der Waals surface area contributed by atoms with Crippen LogP contribution in [0.1, 0.15) is 25.0 Å². The number of halogens is 1. The fourth-order valence-corrected chi connectivity index (χ4v) is 1.82. The lowest BCUT2D eigenvalue weighted by atomic mass is 10.0. The van der Waals surface area contributed by atoms with Gasteiger partial charge in [-0.3, -0.25) is 5.41 Å². The van der Waals surface area contributed by atoms with Gasteiger partial charge in [0.15, 0.2) is 11.6 Å². The molecule has 1 aromatic heterocycles. The van der Waals surface area contributed by atoms with Gasteiger partial charge in [0, 0.05) is 5.56 Å². The second-order valence-corrected chi connectivity index (χ2v) is 4.71. The quantitative estimate of drug-likeness (QED) is 0.745. The monoisotopic (exact) mass is 289 g/mol. The molecule has 7 heteroatoms. The predicted molar refractivity (Wildman–Crippen MR) is 79.0 cm³/mol. The fraction of sp³-hybridized carbons (Fsp3) is 0.214. The van der Waals surface area contributed by atoms with Crippen molar-refractivity contribution in [2.45, 2.75) is 20.0 Å². The lowest BCUT2D eigenvalue weighted by Crippen LogP contribution is -2.13. The summed E-state index contributed by atoms with van der Waals surface area (Å²) in [5, 5.41) is 8.11. The first-order valence-corrected chi connectivity index (χ1v) is 6.31. The van der Waals surface area contributed by atoms with E-state index in [1.165, 1.54) is 18.5 Å². The molecule has 0 fully saturated rings. The van der Waals surface area contributed by atoms with Crippen molar-refractivity contribution in [1.82, 2.24) is 9.97 Å². The van der Waals surface area contributed by atoms with E-state index in [0.29, 0.717) is 5.56 Å². The number of nitrogens with zero attached hydrogens (tertiary/aromatic N) is 2. The van der Waals surface area contributed by atoms with Crippen LogP contribution in [0.3, 0.4) is 0 Å². The second-order valence-electron chi connectivity index (χ2n) is 4.71. The van der Waals surface area contributed by atoms with Crippen molar-refractivity contribution in [3.8, 4) is 5.75 Å². The summed E-state index contributed by atoms with van der Waals surface area (Å²) in [7, 11) is 0. The minimum Gasteiger partial charge on any atom is -0.488 e. The molecule has 0 spiro atoms. The summed E-state index contributed by atoms with van der Waals surface area (Å²) in [4.78, 5) is 7.59. The van der Waals surface area contributed by atoms with Crippen molar-refractivity contribution in [3.05, 3.63) is 41.5 Å². The summed E-state index contributed by atoms with van der Waals surface area (Å²) in [6.45, 7) is 3.61.